The average Bonchev–Trinajstić information content (AvgIpc) is 3.29. The van der Waals surface area contributed by atoms with E-state index in [1.54, 1.807) is 6.08 Å². The summed E-state index contributed by atoms with van der Waals surface area (Å²) in [4.78, 5) is 26.3. The first-order chi connectivity index (χ1) is 15.2. The van der Waals surface area contributed by atoms with Crippen LogP contribution in [0.15, 0.2) is 54.6 Å². The van der Waals surface area contributed by atoms with E-state index in [0.717, 1.165) is 24.2 Å². The van der Waals surface area contributed by atoms with E-state index < -0.39 is 0 Å². The molecule has 31 heavy (non-hydrogen) atoms. The minimum absolute atomic E-state index is 0.00185. The zero-order chi connectivity index (χ0) is 21.5. The van der Waals surface area contributed by atoms with Crippen molar-refractivity contribution in [1.29, 1.82) is 0 Å². The fraction of sp³-hybridized carbons (Fsp3) is 0.333. The lowest BCUT2D eigenvalue weighted by atomic mass is 9.96. The van der Waals surface area contributed by atoms with Crippen molar-refractivity contribution in [3.63, 3.8) is 0 Å². The van der Waals surface area contributed by atoms with Gasteiger partial charge in [0.1, 0.15) is 5.75 Å². The van der Waals surface area contributed by atoms with Crippen LogP contribution in [0, 0.1) is 5.92 Å². The van der Waals surface area contributed by atoms with E-state index in [-0.39, 0.29) is 25.2 Å². The lowest BCUT2D eigenvalue weighted by Gasteiger charge is -2.32. The minimum Gasteiger partial charge on any atom is -0.484 e. The summed E-state index contributed by atoms with van der Waals surface area (Å²) < 4.78 is 16.2. The van der Waals surface area contributed by atoms with Gasteiger partial charge in [0.25, 0.3) is 5.91 Å². The molecular formula is C24H26N2O5. The van der Waals surface area contributed by atoms with Gasteiger partial charge in [0, 0.05) is 25.7 Å². The third-order valence-electron chi connectivity index (χ3n) is 5.46. The third-order valence-corrected chi connectivity index (χ3v) is 5.46. The number of amides is 2. The van der Waals surface area contributed by atoms with Crippen LogP contribution in [-0.4, -0.2) is 49.7 Å². The largest absolute Gasteiger partial charge is 0.484 e. The summed E-state index contributed by atoms with van der Waals surface area (Å²) in [5.41, 5.74) is 0.879. The molecule has 4 rings (SSSR count). The van der Waals surface area contributed by atoms with Gasteiger partial charge in [0.15, 0.2) is 18.1 Å². The molecule has 0 bridgehead atoms. The molecule has 0 unspecified atom stereocenters. The van der Waals surface area contributed by atoms with Crippen LogP contribution >= 0.6 is 0 Å². The molecule has 2 aromatic carbocycles. The maximum atomic E-state index is 12.3. The van der Waals surface area contributed by atoms with Crippen molar-refractivity contribution in [3.05, 3.63) is 60.2 Å². The van der Waals surface area contributed by atoms with Gasteiger partial charge >= 0.3 is 0 Å². The number of likely N-dealkylation sites (tertiary alicyclic amines) is 1. The van der Waals surface area contributed by atoms with Gasteiger partial charge in [0.05, 0.1) is 0 Å². The Bertz CT molecular complexity index is 936. The van der Waals surface area contributed by atoms with Crippen molar-refractivity contribution >= 4 is 17.9 Å². The Hall–Kier alpha value is -3.48. The standard InChI is InChI=1S/C24H26N2O5/c27-23(9-7-18-6-8-21-22(14-18)31-17-30-21)25-15-19-10-12-26(13-11-19)24(28)16-29-20-4-2-1-3-5-20/h1-9,14,19H,10-13,15-17H2,(H,25,27)/b9-7+. The number of hydrogen-bond donors (Lipinski definition) is 1. The molecule has 0 aliphatic carbocycles. The van der Waals surface area contributed by atoms with Crippen LogP contribution < -0.4 is 19.5 Å². The van der Waals surface area contributed by atoms with Crippen LogP contribution in [0.3, 0.4) is 0 Å². The Labute approximate surface area is 181 Å². The van der Waals surface area contributed by atoms with E-state index in [4.69, 9.17) is 14.2 Å². The summed E-state index contributed by atoms with van der Waals surface area (Å²) in [6.07, 6.45) is 5.01. The van der Waals surface area contributed by atoms with E-state index in [9.17, 15) is 9.59 Å². The minimum atomic E-state index is -0.132. The quantitative estimate of drug-likeness (QED) is 0.695. The van der Waals surface area contributed by atoms with Gasteiger partial charge in [-0.25, -0.2) is 0 Å². The van der Waals surface area contributed by atoms with Gasteiger partial charge < -0.3 is 24.4 Å². The Morgan fingerprint density at radius 1 is 1.06 bits per heavy atom. The molecule has 0 radical (unpaired) electrons. The number of ether oxygens (including phenoxy) is 3. The summed E-state index contributed by atoms with van der Waals surface area (Å²) in [5.74, 6) is 2.34. The number of fused-ring (bicyclic) bond motifs is 1. The molecule has 2 amide bonds. The van der Waals surface area contributed by atoms with Crippen LogP contribution in [0.25, 0.3) is 6.08 Å². The van der Waals surface area contributed by atoms with E-state index >= 15 is 0 Å². The van der Waals surface area contributed by atoms with Crippen molar-refractivity contribution in [2.24, 2.45) is 5.92 Å². The monoisotopic (exact) mass is 422 g/mol. The number of carbonyl (C=O) groups is 2. The first-order valence-electron chi connectivity index (χ1n) is 10.5. The van der Waals surface area contributed by atoms with Crippen molar-refractivity contribution in [3.8, 4) is 17.2 Å². The lowest BCUT2D eigenvalue weighted by Crippen LogP contribution is -2.43. The molecular weight excluding hydrogens is 396 g/mol. The molecule has 0 spiro atoms. The smallest absolute Gasteiger partial charge is 0.260 e. The fourth-order valence-electron chi connectivity index (χ4n) is 3.63. The molecule has 1 N–H and O–H groups in total. The molecule has 7 heteroatoms. The SMILES string of the molecule is O=C(/C=C/c1ccc2c(c1)OCO2)NCC1CCN(C(=O)COc2ccccc2)CC1. The topological polar surface area (TPSA) is 77.1 Å². The Balaban J connectivity index is 1.15. The molecule has 0 saturated carbocycles. The third kappa shape index (κ3) is 5.78. The molecule has 2 aliphatic rings. The lowest BCUT2D eigenvalue weighted by molar-refractivity contribution is -0.134. The highest BCUT2D eigenvalue weighted by atomic mass is 16.7. The van der Waals surface area contributed by atoms with Crippen LogP contribution in [0.5, 0.6) is 17.2 Å². The summed E-state index contributed by atoms with van der Waals surface area (Å²) in [6.45, 7) is 2.26. The van der Waals surface area contributed by atoms with Crippen molar-refractivity contribution in [2.45, 2.75) is 12.8 Å². The van der Waals surface area contributed by atoms with Crippen molar-refractivity contribution in [2.75, 3.05) is 33.0 Å². The van der Waals surface area contributed by atoms with Gasteiger partial charge in [-0.05, 0) is 54.7 Å². The number of hydrogen-bond acceptors (Lipinski definition) is 5. The maximum absolute atomic E-state index is 12.3. The number of carbonyl (C=O) groups excluding carboxylic acids is 2. The average molecular weight is 422 g/mol. The van der Waals surface area contributed by atoms with Gasteiger partial charge in [-0.1, -0.05) is 24.3 Å². The number of nitrogens with one attached hydrogen (secondary N) is 1. The number of rotatable bonds is 7. The van der Waals surface area contributed by atoms with Crippen molar-refractivity contribution in [1.82, 2.24) is 10.2 Å². The number of benzene rings is 2. The predicted octanol–water partition coefficient (Wildman–Crippen LogP) is 2.86. The Morgan fingerprint density at radius 2 is 1.84 bits per heavy atom. The molecule has 7 nitrogen and oxygen atoms in total. The summed E-state index contributed by atoms with van der Waals surface area (Å²) in [6, 6.07) is 14.9. The van der Waals surface area contributed by atoms with E-state index in [1.165, 1.54) is 6.08 Å². The van der Waals surface area contributed by atoms with E-state index in [1.807, 2.05) is 53.4 Å². The molecule has 162 valence electrons. The Kier molecular flexibility index (Phi) is 6.72. The molecule has 2 aromatic rings. The van der Waals surface area contributed by atoms with Gasteiger partial charge in [-0.2, -0.15) is 0 Å². The van der Waals surface area contributed by atoms with Gasteiger partial charge in [0.2, 0.25) is 12.7 Å². The number of para-hydroxylation sites is 1. The first-order valence-corrected chi connectivity index (χ1v) is 10.5. The molecule has 1 saturated heterocycles. The molecule has 1 fully saturated rings. The highest BCUT2D eigenvalue weighted by molar-refractivity contribution is 5.91. The van der Waals surface area contributed by atoms with Crippen LogP contribution in [0.1, 0.15) is 18.4 Å². The second-order valence-corrected chi connectivity index (χ2v) is 7.62. The zero-order valence-electron chi connectivity index (χ0n) is 17.3. The molecule has 0 atom stereocenters. The van der Waals surface area contributed by atoms with E-state index in [2.05, 4.69) is 5.32 Å². The van der Waals surface area contributed by atoms with Gasteiger partial charge in [-0.3, -0.25) is 9.59 Å². The normalized spacial score (nSPS) is 15.8. The molecule has 2 aliphatic heterocycles. The number of nitrogens with zero attached hydrogens (tertiary/aromatic N) is 1. The van der Waals surface area contributed by atoms with Crippen LogP contribution in [0.2, 0.25) is 0 Å². The first kappa shape index (κ1) is 20.8. The van der Waals surface area contributed by atoms with Crippen LogP contribution in [-0.2, 0) is 9.59 Å². The predicted molar refractivity (Wildman–Crippen MR) is 116 cm³/mol. The van der Waals surface area contributed by atoms with Crippen molar-refractivity contribution < 1.29 is 23.8 Å². The second-order valence-electron chi connectivity index (χ2n) is 7.62. The molecule has 0 aromatic heterocycles. The van der Waals surface area contributed by atoms with E-state index in [0.29, 0.717) is 37.1 Å². The highest BCUT2D eigenvalue weighted by Crippen LogP contribution is 2.32. The summed E-state index contributed by atoms with van der Waals surface area (Å²) >= 11 is 0. The summed E-state index contributed by atoms with van der Waals surface area (Å²) in [5, 5.41) is 2.96. The maximum Gasteiger partial charge on any atom is 0.260 e. The summed E-state index contributed by atoms with van der Waals surface area (Å²) in [7, 11) is 0. The zero-order valence-corrected chi connectivity index (χ0v) is 17.3. The molecule has 2 heterocycles. The Morgan fingerprint density at radius 3 is 2.65 bits per heavy atom. The van der Waals surface area contributed by atoms with Gasteiger partial charge in [-0.15, -0.1) is 0 Å². The van der Waals surface area contributed by atoms with Crippen LogP contribution in [0.4, 0.5) is 0 Å². The number of piperidine rings is 1. The second kappa shape index (κ2) is 10.0. The fourth-order valence-corrected chi connectivity index (χ4v) is 3.63. The highest BCUT2D eigenvalue weighted by Gasteiger charge is 2.23.